The third-order valence-electron chi connectivity index (χ3n) is 5.18. The maximum atomic E-state index is 13.3. The van der Waals surface area contributed by atoms with Gasteiger partial charge < -0.3 is 9.88 Å². The van der Waals surface area contributed by atoms with E-state index < -0.39 is 0 Å². The maximum Gasteiger partial charge on any atom is 0.258 e. The summed E-state index contributed by atoms with van der Waals surface area (Å²) in [5.74, 6) is -0.195. The fraction of sp³-hybridized carbons (Fsp3) is 0.120. The Balaban J connectivity index is 1.78. The van der Waals surface area contributed by atoms with E-state index in [2.05, 4.69) is 4.98 Å². The zero-order valence-electron chi connectivity index (χ0n) is 16.8. The monoisotopic (exact) mass is 416 g/mol. The van der Waals surface area contributed by atoms with Crippen LogP contribution in [0.15, 0.2) is 77.6 Å². The number of hydrogen-bond donors (Lipinski definition) is 1. The number of nitrogens with zero attached hydrogens (tertiary/aromatic N) is 1. The first-order valence-corrected chi connectivity index (χ1v) is 10.1. The van der Waals surface area contributed by atoms with Crippen LogP contribution >= 0.6 is 11.6 Å². The van der Waals surface area contributed by atoms with Gasteiger partial charge in [-0.15, -0.1) is 0 Å². The maximum absolute atomic E-state index is 13.3. The van der Waals surface area contributed by atoms with Gasteiger partial charge >= 0.3 is 0 Å². The van der Waals surface area contributed by atoms with Crippen molar-refractivity contribution in [2.24, 2.45) is 0 Å². The molecular weight excluding hydrogens is 396 g/mol. The highest BCUT2D eigenvalue weighted by Gasteiger charge is 2.20. The predicted molar refractivity (Wildman–Crippen MR) is 122 cm³/mol. The average molecular weight is 417 g/mol. The van der Waals surface area contributed by atoms with Gasteiger partial charge in [0.25, 0.3) is 11.5 Å². The van der Waals surface area contributed by atoms with Crippen molar-refractivity contribution < 1.29 is 4.79 Å². The molecule has 0 aliphatic heterocycles. The van der Waals surface area contributed by atoms with E-state index in [0.29, 0.717) is 16.1 Å². The van der Waals surface area contributed by atoms with E-state index in [1.807, 2.05) is 62.4 Å². The number of aryl methyl sites for hydroxylation is 2. The Morgan fingerprint density at radius 3 is 2.37 bits per heavy atom. The molecule has 0 radical (unpaired) electrons. The van der Waals surface area contributed by atoms with Gasteiger partial charge in [-0.3, -0.25) is 9.59 Å². The van der Waals surface area contributed by atoms with E-state index in [4.69, 9.17) is 11.6 Å². The molecule has 1 heterocycles. The van der Waals surface area contributed by atoms with Gasteiger partial charge in [0.1, 0.15) is 0 Å². The van der Waals surface area contributed by atoms with Crippen LogP contribution in [0.5, 0.6) is 0 Å². The lowest BCUT2D eigenvalue weighted by Crippen LogP contribution is -2.32. The van der Waals surface area contributed by atoms with E-state index in [1.54, 1.807) is 29.2 Å². The summed E-state index contributed by atoms with van der Waals surface area (Å²) in [6, 6.07) is 22.2. The van der Waals surface area contributed by atoms with Gasteiger partial charge in [-0.25, -0.2) is 0 Å². The first-order valence-electron chi connectivity index (χ1n) is 9.68. The summed E-state index contributed by atoms with van der Waals surface area (Å²) in [6.07, 6.45) is 0. The summed E-state index contributed by atoms with van der Waals surface area (Å²) in [5, 5.41) is 1.50. The molecule has 0 spiro atoms. The first kappa shape index (κ1) is 19.9. The minimum atomic E-state index is -0.196. The van der Waals surface area contributed by atoms with Crippen molar-refractivity contribution >= 4 is 34.1 Å². The van der Waals surface area contributed by atoms with Crippen LogP contribution in [0.4, 0.5) is 5.69 Å². The molecule has 0 aliphatic rings. The minimum absolute atomic E-state index is 0.156. The molecule has 0 unspecified atom stereocenters. The molecule has 1 amide bonds. The Bertz CT molecular complexity index is 1280. The molecule has 0 fully saturated rings. The van der Waals surface area contributed by atoms with Crippen molar-refractivity contribution in [3.63, 3.8) is 0 Å². The van der Waals surface area contributed by atoms with Crippen molar-refractivity contribution in [3.05, 3.63) is 110 Å². The molecule has 0 aliphatic carbocycles. The highest BCUT2D eigenvalue weighted by Crippen LogP contribution is 2.22. The molecule has 150 valence electrons. The number of fused-ring (bicyclic) bond motifs is 1. The summed E-state index contributed by atoms with van der Waals surface area (Å²) in [7, 11) is 0. The molecule has 30 heavy (non-hydrogen) atoms. The Labute approximate surface area is 179 Å². The number of aromatic nitrogens is 1. The molecule has 3 aromatic carbocycles. The summed E-state index contributed by atoms with van der Waals surface area (Å²) in [6.45, 7) is 4.11. The Morgan fingerprint density at radius 1 is 0.967 bits per heavy atom. The van der Waals surface area contributed by atoms with Crippen LogP contribution in [0.25, 0.3) is 10.9 Å². The van der Waals surface area contributed by atoms with E-state index in [9.17, 15) is 9.59 Å². The topological polar surface area (TPSA) is 53.2 Å². The molecule has 0 atom stereocenters. The number of hydrogen-bond acceptors (Lipinski definition) is 2. The molecular formula is C25H21ClN2O2. The predicted octanol–water partition coefficient (Wildman–Crippen LogP) is 5.65. The average Bonchev–Trinajstić information content (AvgIpc) is 2.74. The van der Waals surface area contributed by atoms with Gasteiger partial charge in [0.05, 0.1) is 12.1 Å². The first-order chi connectivity index (χ1) is 14.4. The number of benzene rings is 3. The van der Waals surface area contributed by atoms with Crippen LogP contribution < -0.4 is 10.5 Å². The van der Waals surface area contributed by atoms with Crippen molar-refractivity contribution in [1.29, 1.82) is 0 Å². The van der Waals surface area contributed by atoms with E-state index in [0.717, 1.165) is 27.7 Å². The molecule has 0 saturated heterocycles. The molecule has 5 heteroatoms. The lowest BCUT2D eigenvalue weighted by atomic mass is 10.1. The number of H-pyrrole nitrogens is 1. The quantitative estimate of drug-likeness (QED) is 0.467. The lowest BCUT2D eigenvalue weighted by Gasteiger charge is -2.23. The molecule has 4 aromatic rings. The normalized spacial score (nSPS) is 10.9. The van der Waals surface area contributed by atoms with Gasteiger partial charge in [0.2, 0.25) is 0 Å². The standard InChI is InChI=1S/C25H21ClN2O2/c1-16-6-12-22(13-7-16)28(25(30)18-8-10-21(26)11-9-18)15-20-14-19-5-3-4-17(2)23(19)27-24(20)29/h3-14H,15H2,1-2H3,(H,27,29). The third kappa shape index (κ3) is 4.00. The number of pyridine rings is 1. The number of para-hydroxylation sites is 1. The van der Waals surface area contributed by atoms with Crippen LogP contribution in [0.3, 0.4) is 0 Å². The Hall–Kier alpha value is -3.37. The molecule has 1 N–H and O–H groups in total. The van der Waals surface area contributed by atoms with Crippen LogP contribution in [0, 0.1) is 13.8 Å². The smallest absolute Gasteiger partial charge is 0.258 e. The minimum Gasteiger partial charge on any atom is -0.321 e. The van der Waals surface area contributed by atoms with Crippen LogP contribution in [-0.2, 0) is 6.54 Å². The molecule has 0 saturated carbocycles. The second kappa shape index (κ2) is 8.17. The van der Waals surface area contributed by atoms with Crippen molar-refractivity contribution in [3.8, 4) is 0 Å². The molecule has 0 bridgehead atoms. The number of amides is 1. The number of aromatic amines is 1. The highest BCUT2D eigenvalue weighted by molar-refractivity contribution is 6.30. The zero-order chi connectivity index (χ0) is 21.3. The summed E-state index contributed by atoms with van der Waals surface area (Å²) in [5.41, 5.74) is 4.48. The van der Waals surface area contributed by atoms with Crippen LogP contribution in [-0.4, -0.2) is 10.9 Å². The second-order valence-corrected chi connectivity index (χ2v) is 7.83. The number of anilines is 1. The number of rotatable bonds is 4. The third-order valence-corrected chi connectivity index (χ3v) is 5.43. The number of carbonyl (C=O) groups excluding carboxylic acids is 1. The zero-order valence-corrected chi connectivity index (χ0v) is 17.5. The highest BCUT2D eigenvalue weighted by atomic mass is 35.5. The fourth-order valence-electron chi connectivity index (χ4n) is 3.47. The Kier molecular flexibility index (Phi) is 5.42. The molecule has 4 rings (SSSR count). The molecule has 4 nitrogen and oxygen atoms in total. The van der Waals surface area contributed by atoms with Gasteiger partial charge in [-0.05, 0) is 67.3 Å². The summed E-state index contributed by atoms with van der Waals surface area (Å²) in [4.78, 5) is 30.7. The second-order valence-electron chi connectivity index (χ2n) is 7.40. The van der Waals surface area contributed by atoms with E-state index in [1.165, 1.54) is 0 Å². The van der Waals surface area contributed by atoms with Gasteiger partial charge in [-0.2, -0.15) is 0 Å². The van der Waals surface area contributed by atoms with Crippen LogP contribution in [0.2, 0.25) is 5.02 Å². The number of carbonyl (C=O) groups is 1. The van der Waals surface area contributed by atoms with Crippen molar-refractivity contribution in [2.45, 2.75) is 20.4 Å². The summed E-state index contributed by atoms with van der Waals surface area (Å²) >= 11 is 5.98. The van der Waals surface area contributed by atoms with Crippen LogP contribution in [0.1, 0.15) is 27.0 Å². The van der Waals surface area contributed by atoms with E-state index >= 15 is 0 Å². The SMILES string of the molecule is Cc1ccc(N(Cc2cc3cccc(C)c3[nH]c2=O)C(=O)c2ccc(Cl)cc2)cc1. The largest absolute Gasteiger partial charge is 0.321 e. The van der Waals surface area contributed by atoms with Gasteiger partial charge in [0.15, 0.2) is 0 Å². The van der Waals surface area contributed by atoms with Gasteiger partial charge in [-0.1, -0.05) is 47.5 Å². The number of halogens is 1. The fourth-order valence-corrected chi connectivity index (χ4v) is 3.60. The van der Waals surface area contributed by atoms with E-state index in [-0.39, 0.29) is 18.0 Å². The summed E-state index contributed by atoms with van der Waals surface area (Å²) < 4.78 is 0. The number of nitrogens with one attached hydrogen (secondary N) is 1. The van der Waals surface area contributed by atoms with Crippen molar-refractivity contribution in [2.75, 3.05) is 4.90 Å². The lowest BCUT2D eigenvalue weighted by molar-refractivity contribution is 0.0985. The van der Waals surface area contributed by atoms with Gasteiger partial charge in [0, 0.05) is 21.8 Å². The van der Waals surface area contributed by atoms with Crippen molar-refractivity contribution in [1.82, 2.24) is 4.98 Å². The molecule has 1 aromatic heterocycles. The Morgan fingerprint density at radius 2 is 1.67 bits per heavy atom.